The number of aromatic nitrogens is 1. The fourth-order valence-corrected chi connectivity index (χ4v) is 3.32. The highest BCUT2D eigenvalue weighted by molar-refractivity contribution is 7.09. The molecule has 2 heterocycles. The van der Waals surface area contributed by atoms with Gasteiger partial charge in [0.05, 0.1) is 23.3 Å². The predicted molar refractivity (Wildman–Crippen MR) is 79.5 cm³/mol. The molecule has 0 aromatic carbocycles. The minimum Gasteiger partial charge on any atom is -0.370 e. The van der Waals surface area contributed by atoms with Gasteiger partial charge in [-0.05, 0) is 18.8 Å². The van der Waals surface area contributed by atoms with Crippen molar-refractivity contribution < 1.29 is 0 Å². The van der Waals surface area contributed by atoms with Crippen LogP contribution in [0.3, 0.4) is 0 Å². The van der Waals surface area contributed by atoms with Crippen LogP contribution in [0.2, 0.25) is 0 Å². The van der Waals surface area contributed by atoms with Crippen LogP contribution in [0.25, 0.3) is 0 Å². The lowest BCUT2D eigenvalue weighted by molar-refractivity contribution is 0.328. The van der Waals surface area contributed by atoms with Crippen LogP contribution in [0.15, 0.2) is 10.4 Å². The molecular formula is C14H22N4S. The molecule has 4 nitrogen and oxygen atoms in total. The molecule has 1 aromatic heterocycles. The maximum atomic E-state index is 6.03. The second-order valence-corrected chi connectivity index (χ2v) is 7.50. The van der Waals surface area contributed by atoms with Gasteiger partial charge in [0.2, 0.25) is 0 Å². The average molecular weight is 278 g/mol. The van der Waals surface area contributed by atoms with Gasteiger partial charge in [-0.25, -0.2) is 4.98 Å². The third-order valence-electron chi connectivity index (χ3n) is 3.75. The maximum Gasteiger partial charge on any atom is 0.191 e. The first kappa shape index (κ1) is 12.9. The normalized spacial score (nSPS) is 23.8. The zero-order valence-electron chi connectivity index (χ0n) is 11.9. The quantitative estimate of drug-likeness (QED) is 0.924. The summed E-state index contributed by atoms with van der Waals surface area (Å²) >= 11 is 1.75. The maximum absolute atomic E-state index is 6.03. The molecule has 1 atom stereocenters. The van der Waals surface area contributed by atoms with E-state index in [9.17, 15) is 0 Å². The Labute approximate surface area is 118 Å². The number of nitrogens with zero attached hydrogens (tertiary/aromatic N) is 3. The van der Waals surface area contributed by atoms with Crippen LogP contribution in [-0.4, -0.2) is 28.9 Å². The van der Waals surface area contributed by atoms with Gasteiger partial charge in [0, 0.05) is 17.3 Å². The van der Waals surface area contributed by atoms with Gasteiger partial charge in [-0.3, -0.25) is 4.99 Å². The summed E-state index contributed by atoms with van der Waals surface area (Å²) in [4.78, 5) is 11.5. The molecule has 1 aliphatic carbocycles. The number of hydrogen-bond donors (Lipinski definition) is 1. The lowest BCUT2D eigenvalue weighted by Crippen LogP contribution is -2.37. The number of rotatable bonds is 3. The first-order valence-corrected chi connectivity index (χ1v) is 7.85. The van der Waals surface area contributed by atoms with E-state index in [0.717, 1.165) is 24.7 Å². The molecular weight excluding hydrogens is 256 g/mol. The first-order chi connectivity index (χ1) is 8.95. The van der Waals surface area contributed by atoms with E-state index < -0.39 is 0 Å². The van der Waals surface area contributed by atoms with Crippen molar-refractivity contribution >= 4 is 17.3 Å². The minimum atomic E-state index is 0.120. The summed E-state index contributed by atoms with van der Waals surface area (Å²) in [5.74, 6) is 1.51. The van der Waals surface area contributed by atoms with Gasteiger partial charge in [0.1, 0.15) is 0 Å². The molecule has 3 rings (SSSR count). The van der Waals surface area contributed by atoms with Crippen molar-refractivity contribution in [3.05, 3.63) is 16.1 Å². The molecule has 1 saturated carbocycles. The summed E-state index contributed by atoms with van der Waals surface area (Å²) in [5.41, 5.74) is 7.29. The first-order valence-electron chi connectivity index (χ1n) is 6.97. The summed E-state index contributed by atoms with van der Waals surface area (Å²) in [6.07, 6.45) is 2.67. The van der Waals surface area contributed by atoms with Crippen LogP contribution >= 0.6 is 11.3 Å². The molecule has 104 valence electrons. The fourth-order valence-electron chi connectivity index (χ4n) is 2.37. The van der Waals surface area contributed by atoms with E-state index in [1.54, 1.807) is 11.3 Å². The summed E-state index contributed by atoms with van der Waals surface area (Å²) < 4.78 is 0. The molecule has 0 radical (unpaired) electrons. The van der Waals surface area contributed by atoms with Crippen molar-refractivity contribution in [3.8, 4) is 0 Å². The highest BCUT2D eigenvalue weighted by atomic mass is 32.1. The van der Waals surface area contributed by atoms with Crippen LogP contribution < -0.4 is 5.73 Å². The van der Waals surface area contributed by atoms with E-state index in [1.807, 2.05) is 0 Å². The molecule has 0 spiro atoms. The Kier molecular flexibility index (Phi) is 3.04. The Bertz CT molecular complexity index is 496. The second kappa shape index (κ2) is 4.47. The van der Waals surface area contributed by atoms with Gasteiger partial charge >= 0.3 is 0 Å². The van der Waals surface area contributed by atoms with Crippen molar-refractivity contribution in [2.75, 3.05) is 13.1 Å². The molecule has 2 N–H and O–H groups in total. The molecule has 1 aliphatic heterocycles. The number of thiazole rings is 1. The van der Waals surface area contributed by atoms with Gasteiger partial charge in [-0.15, -0.1) is 11.3 Å². The van der Waals surface area contributed by atoms with Gasteiger partial charge in [-0.2, -0.15) is 0 Å². The van der Waals surface area contributed by atoms with Gasteiger partial charge in [-0.1, -0.05) is 20.8 Å². The minimum absolute atomic E-state index is 0.120. The van der Waals surface area contributed by atoms with Crippen LogP contribution in [0.5, 0.6) is 0 Å². The molecule has 1 unspecified atom stereocenters. The van der Waals surface area contributed by atoms with Crippen LogP contribution in [0.4, 0.5) is 0 Å². The Hall–Kier alpha value is -1.10. The molecule has 19 heavy (non-hydrogen) atoms. The van der Waals surface area contributed by atoms with Gasteiger partial charge < -0.3 is 10.6 Å². The Morgan fingerprint density at radius 2 is 2.16 bits per heavy atom. The van der Waals surface area contributed by atoms with E-state index in [-0.39, 0.29) is 11.5 Å². The smallest absolute Gasteiger partial charge is 0.191 e. The van der Waals surface area contributed by atoms with Crippen molar-refractivity contribution in [1.82, 2.24) is 9.88 Å². The highest BCUT2D eigenvalue weighted by Gasteiger charge is 2.34. The third-order valence-corrected chi connectivity index (χ3v) is 5.04. The van der Waals surface area contributed by atoms with Crippen LogP contribution in [0, 0.1) is 5.92 Å². The molecule has 0 amide bonds. The van der Waals surface area contributed by atoms with E-state index >= 15 is 0 Å². The average Bonchev–Trinajstić information content (AvgIpc) is 2.85. The van der Waals surface area contributed by atoms with Crippen molar-refractivity contribution in [1.29, 1.82) is 0 Å². The Morgan fingerprint density at radius 1 is 1.42 bits per heavy atom. The van der Waals surface area contributed by atoms with Crippen molar-refractivity contribution in [3.63, 3.8) is 0 Å². The topological polar surface area (TPSA) is 54.5 Å². The van der Waals surface area contributed by atoms with E-state index in [4.69, 9.17) is 10.7 Å². The number of aliphatic imine (C=N–C) groups is 1. The molecule has 0 bridgehead atoms. The Balaban J connectivity index is 1.79. The van der Waals surface area contributed by atoms with Crippen molar-refractivity contribution in [2.45, 2.75) is 45.1 Å². The fraction of sp³-hybridized carbons (Fsp3) is 0.714. The number of nitrogens with two attached hydrogens (primary N) is 1. The van der Waals surface area contributed by atoms with E-state index in [1.165, 1.54) is 17.8 Å². The predicted octanol–water partition coefficient (Wildman–Crippen LogP) is 2.52. The number of hydrogen-bond acceptors (Lipinski definition) is 5. The molecule has 2 aliphatic rings. The summed E-state index contributed by atoms with van der Waals surface area (Å²) in [5, 5.41) is 3.37. The monoisotopic (exact) mass is 278 g/mol. The number of guanidine groups is 1. The van der Waals surface area contributed by atoms with Crippen molar-refractivity contribution in [2.24, 2.45) is 16.6 Å². The summed E-state index contributed by atoms with van der Waals surface area (Å²) in [7, 11) is 0. The molecule has 1 fully saturated rings. The summed E-state index contributed by atoms with van der Waals surface area (Å²) in [6, 6.07) is 0.257. The second-order valence-electron chi connectivity index (χ2n) is 6.64. The van der Waals surface area contributed by atoms with Gasteiger partial charge in [0.25, 0.3) is 0 Å². The molecule has 1 aromatic rings. The standard InChI is InChI=1S/C14H22N4S/c1-14(2,3)12-17-10(8-19-12)11-6-16-13(15)18(11)7-9-4-5-9/h8-9,11H,4-7H2,1-3H3,(H2,15,16). The lowest BCUT2D eigenvalue weighted by atomic mass is 9.98. The lowest BCUT2D eigenvalue weighted by Gasteiger charge is -2.25. The SMILES string of the molecule is CC(C)(C)c1nc(C2CN=C(N)N2CC2CC2)cs1. The largest absolute Gasteiger partial charge is 0.370 e. The van der Waals surface area contributed by atoms with Crippen LogP contribution in [0.1, 0.15) is 50.4 Å². The molecule has 0 saturated heterocycles. The third kappa shape index (κ3) is 2.61. The van der Waals surface area contributed by atoms with E-state index in [0.29, 0.717) is 5.96 Å². The highest BCUT2D eigenvalue weighted by Crippen LogP contribution is 2.36. The molecule has 5 heteroatoms. The zero-order valence-corrected chi connectivity index (χ0v) is 12.7. The summed E-state index contributed by atoms with van der Waals surface area (Å²) in [6.45, 7) is 8.42. The van der Waals surface area contributed by atoms with Crippen LogP contribution in [-0.2, 0) is 5.41 Å². The van der Waals surface area contributed by atoms with E-state index in [2.05, 4.69) is 36.0 Å². The Morgan fingerprint density at radius 3 is 2.74 bits per heavy atom. The van der Waals surface area contributed by atoms with Gasteiger partial charge in [0.15, 0.2) is 5.96 Å². The zero-order chi connectivity index (χ0) is 13.6.